The van der Waals surface area contributed by atoms with E-state index < -0.39 is 12.1 Å². The summed E-state index contributed by atoms with van der Waals surface area (Å²) in [6.07, 6.45) is -1.57. The molecule has 2 aromatic heterocycles. The Morgan fingerprint density at radius 3 is 2.48 bits per heavy atom. The van der Waals surface area contributed by atoms with Crippen LogP contribution in [0.2, 0.25) is 0 Å². The molecule has 0 aliphatic heterocycles. The number of benzene rings is 2. The maximum atomic E-state index is 12.3. The number of ether oxygens (including phenoxy) is 2. The van der Waals surface area contributed by atoms with Crippen LogP contribution in [-0.4, -0.2) is 44.5 Å². The molecule has 0 aliphatic carbocycles. The van der Waals surface area contributed by atoms with E-state index in [2.05, 4.69) is 20.2 Å². The fraction of sp³-hybridized carbons (Fsp3) is 0.143. The minimum Gasteiger partial charge on any atom is -0.497 e. The zero-order chi connectivity index (χ0) is 24.0. The Balaban J connectivity index is 0.000000383. The van der Waals surface area contributed by atoms with Gasteiger partial charge in [0, 0.05) is 17.8 Å². The van der Waals surface area contributed by atoms with Crippen molar-refractivity contribution in [1.82, 2.24) is 20.2 Å². The molecule has 0 amide bonds. The van der Waals surface area contributed by atoms with Crippen molar-refractivity contribution in [3.8, 4) is 22.6 Å². The first-order valence-electron chi connectivity index (χ1n) is 9.26. The number of alkyl halides is 3. The first kappa shape index (κ1) is 23.3. The largest absolute Gasteiger partial charge is 0.497 e. The van der Waals surface area contributed by atoms with Gasteiger partial charge in [-0.05, 0) is 29.8 Å². The number of carbonyl (C=O) groups is 1. The number of fused-ring (bicyclic) bond motifs is 1. The quantitative estimate of drug-likeness (QED) is 0.414. The number of hydrogen-bond donors (Lipinski definition) is 3. The zero-order valence-corrected chi connectivity index (χ0v) is 17.0. The number of carboxylic acids is 1. The molecule has 0 saturated carbocycles. The van der Waals surface area contributed by atoms with Gasteiger partial charge in [0.1, 0.15) is 23.9 Å². The molecule has 0 unspecified atom stereocenters. The van der Waals surface area contributed by atoms with Crippen LogP contribution in [0.1, 0.15) is 5.82 Å². The molecular formula is C21H17F3N4O5. The van der Waals surface area contributed by atoms with Gasteiger partial charge in [0.2, 0.25) is 0 Å². The molecule has 4 aromatic rings. The molecule has 0 fully saturated rings. The molecule has 0 saturated heterocycles. The number of aromatic nitrogens is 4. The van der Waals surface area contributed by atoms with Crippen molar-refractivity contribution < 1.29 is 32.5 Å². The van der Waals surface area contributed by atoms with Crippen LogP contribution >= 0.6 is 0 Å². The monoisotopic (exact) mass is 462 g/mol. The number of H-pyrrole nitrogens is 2. The normalized spacial score (nSPS) is 10.9. The molecule has 12 heteroatoms. The first-order valence-corrected chi connectivity index (χ1v) is 9.26. The van der Waals surface area contributed by atoms with Crippen molar-refractivity contribution in [2.75, 3.05) is 7.11 Å². The summed E-state index contributed by atoms with van der Waals surface area (Å²) in [6, 6.07) is 12.8. The highest BCUT2D eigenvalue weighted by Crippen LogP contribution is 2.22. The molecule has 33 heavy (non-hydrogen) atoms. The van der Waals surface area contributed by atoms with E-state index in [0.29, 0.717) is 28.2 Å². The summed E-state index contributed by atoms with van der Waals surface area (Å²) in [7, 11) is 1.60. The van der Waals surface area contributed by atoms with E-state index in [9.17, 15) is 18.0 Å². The molecule has 0 aliphatic rings. The zero-order valence-electron chi connectivity index (χ0n) is 17.0. The van der Waals surface area contributed by atoms with Gasteiger partial charge in [-0.3, -0.25) is 9.89 Å². The highest BCUT2D eigenvalue weighted by atomic mass is 19.4. The van der Waals surface area contributed by atoms with E-state index in [1.54, 1.807) is 31.6 Å². The lowest BCUT2D eigenvalue weighted by Crippen LogP contribution is -2.21. The smallest absolute Gasteiger partial charge is 0.490 e. The average molecular weight is 462 g/mol. The number of nitrogens with zero attached hydrogens (tertiary/aromatic N) is 2. The second kappa shape index (κ2) is 9.85. The molecule has 0 bridgehead atoms. The highest BCUT2D eigenvalue weighted by Gasteiger charge is 2.38. The maximum Gasteiger partial charge on any atom is 0.490 e. The lowest BCUT2D eigenvalue weighted by Gasteiger charge is -2.08. The first-order chi connectivity index (χ1) is 15.7. The topological polar surface area (TPSA) is 130 Å². The Labute approximate surface area is 183 Å². The summed E-state index contributed by atoms with van der Waals surface area (Å²) in [5.74, 6) is -0.964. The van der Waals surface area contributed by atoms with Gasteiger partial charge in [-0.15, -0.1) is 0 Å². The van der Waals surface area contributed by atoms with Crippen LogP contribution in [-0.2, 0) is 11.4 Å². The maximum absolute atomic E-state index is 12.3. The lowest BCUT2D eigenvalue weighted by atomic mass is 10.1. The van der Waals surface area contributed by atoms with E-state index >= 15 is 0 Å². The van der Waals surface area contributed by atoms with Gasteiger partial charge in [0.25, 0.3) is 5.56 Å². The Hall–Kier alpha value is -4.35. The van der Waals surface area contributed by atoms with Gasteiger partial charge in [0.05, 0.1) is 24.2 Å². The number of aromatic amines is 2. The third-order valence-corrected chi connectivity index (χ3v) is 4.25. The van der Waals surface area contributed by atoms with E-state index in [-0.39, 0.29) is 12.2 Å². The predicted molar refractivity (Wildman–Crippen MR) is 111 cm³/mol. The number of nitrogens with one attached hydrogen (secondary N) is 2. The van der Waals surface area contributed by atoms with E-state index in [1.165, 1.54) is 0 Å². The molecule has 2 heterocycles. The summed E-state index contributed by atoms with van der Waals surface area (Å²) in [6.45, 7) is 0.147. The molecule has 0 spiro atoms. The third-order valence-electron chi connectivity index (χ3n) is 4.25. The van der Waals surface area contributed by atoms with Crippen molar-refractivity contribution in [3.63, 3.8) is 0 Å². The van der Waals surface area contributed by atoms with Crippen LogP contribution in [0, 0.1) is 0 Å². The number of halogens is 3. The van der Waals surface area contributed by atoms with Crippen LogP contribution in [0.5, 0.6) is 11.5 Å². The average Bonchev–Trinajstić information content (AvgIpc) is 3.32. The third kappa shape index (κ3) is 6.09. The lowest BCUT2D eigenvalue weighted by molar-refractivity contribution is -0.192. The van der Waals surface area contributed by atoms with Crippen molar-refractivity contribution >= 4 is 16.9 Å². The van der Waals surface area contributed by atoms with Gasteiger partial charge in [-0.2, -0.15) is 18.3 Å². The number of rotatable bonds is 5. The SMILES string of the molecule is COc1cccc(OCc2nc3cc(-c4cn[nH]c4)ccc3c(=O)[nH]2)c1.O=C(O)C(F)(F)F. The van der Waals surface area contributed by atoms with E-state index in [4.69, 9.17) is 19.4 Å². The van der Waals surface area contributed by atoms with Gasteiger partial charge in [-0.1, -0.05) is 12.1 Å². The van der Waals surface area contributed by atoms with Gasteiger partial charge < -0.3 is 19.6 Å². The van der Waals surface area contributed by atoms with Gasteiger partial charge >= 0.3 is 12.1 Å². The minimum absolute atomic E-state index is 0.147. The Bertz CT molecular complexity index is 1300. The molecule has 4 rings (SSSR count). The molecule has 0 atom stereocenters. The number of aliphatic carboxylic acids is 1. The standard InChI is InChI=1S/C19H16N4O3.C2HF3O2/c1-25-14-3-2-4-15(8-14)26-11-18-22-17-7-12(13-9-20-21-10-13)5-6-16(17)19(24)23-18;3-2(4,5)1(6)7/h2-10H,11H2,1H3,(H,20,21)(H,22,23,24);(H,6,7). The Kier molecular flexibility index (Phi) is 6.96. The number of carboxylic acid groups (broad SMARTS) is 1. The van der Waals surface area contributed by atoms with Crippen LogP contribution in [0.15, 0.2) is 59.7 Å². The van der Waals surface area contributed by atoms with Crippen molar-refractivity contribution in [2.45, 2.75) is 12.8 Å². The second-order valence-corrected chi connectivity index (χ2v) is 6.50. The Morgan fingerprint density at radius 2 is 1.85 bits per heavy atom. The van der Waals surface area contributed by atoms with Gasteiger partial charge in [-0.25, -0.2) is 9.78 Å². The van der Waals surface area contributed by atoms with Crippen molar-refractivity contribution in [1.29, 1.82) is 0 Å². The Morgan fingerprint density at radius 1 is 1.12 bits per heavy atom. The number of methoxy groups -OCH3 is 1. The van der Waals surface area contributed by atoms with Crippen LogP contribution in [0.4, 0.5) is 13.2 Å². The van der Waals surface area contributed by atoms with E-state index in [1.807, 2.05) is 30.3 Å². The van der Waals surface area contributed by atoms with Crippen molar-refractivity contribution in [2.24, 2.45) is 0 Å². The van der Waals surface area contributed by atoms with E-state index in [0.717, 1.165) is 11.1 Å². The van der Waals surface area contributed by atoms with Crippen molar-refractivity contribution in [3.05, 3.63) is 71.0 Å². The summed E-state index contributed by atoms with van der Waals surface area (Å²) in [5, 5.41) is 14.4. The summed E-state index contributed by atoms with van der Waals surface area (Å²) in [5.41, 5.74) is 2.28. The second-order valence-electron chi connectivity index (χ2n) is 6.50. The van der Waals surface area contributed by atoms with Crippen LogP contribution in [0.3, 0.4) is 0 Å². The highest BCUT2D eigenvalue weighted by molar-refractivity contribution is 5.83. The number of hydrogen-bond acceptors (Lipinski definition) is 6. The minimum atomic E-state index is -5.08. The van der Waals surface area contributed by atoms with Gasteiger partial charge in [0.15, 0.2) is 0 Å². The fourth-order valence-corrected chi connectivity index (χ4v) is 2.69. The summed E-state index contributed by atoms with van der Waals surface area (Å²) >= 11 is 0. The molecule has 3 N–H and O–H groups in total. The summed E-state index contributed by atoms with van der Waals surface area (Å²) < 4.78 is 42.6. The molecular weight excluding hydrogens is 445 g/mol. The summed E-state index contributed by atoms with van der Waals surface area (Å²) in [4.78, 5) is 28.5. The fourth-order valence-electron chi connectivity index (χ4n) is 2.69. The molecule has 2 aromatic carbocycles. The van der Waals surface area contributed by atoms with Crippen LogP contribution < -0.4 is 15.0 Å². The molecule has 172 valence electrons. The molecule has 0 radical (unpaired) electrons. The predicted octanol–water partition coefficient (Wildman–Crippen LogP) is 3.53. The molecule has 9 nitrogen and oxygen atoms in total. The van der Waals surface area contributed by atoms with Crippen LogP contribution in [0.25, 0.3) is 22.0 Å².